The Balaban J connectivity index is 1.07. The minimum Gasteiger partial charge on any atom is -0.294 e. The molecule has 0 spiro atoms. The van der Waals surface area contributed by atoms with E-state index in [0.29, 0.717) is 5.95 Å². The Morgan fingerprint density at radius 3 is 1.56 bits per heavy atom. The molecule has 0 saturated carbocycles. The summed E-state index contributed by atoms with van der Waals surface area (Å²) in [7, 11) is -2.95. The standard InChI is InChI=1S/C49H33N7Si/c1-3-16-36(17-4-1)57(37-18-5-2-6-19-37,38-29-27-35(28-30-38)53-43-23-11-12-24-44(43)54-41-21-9-7-15-34(41)31-47(53)54)39-32-50-48(51-33-39)56-46-26-14-13-25-45(46)55-42-22-10-8-20-40(42)52-49(55)56/h1-33H. The van der Waals surface area contributed by atoms with Crippen LogP contribution in [0.1, 0.15) is 0 Å². The van der Waals surface area contributed by atoms with Crippen LogP contribution in [0.15, 0.2) is 200 Å². The van der Waals surface area contributed by atoms with Crippen LogP contribution < -0.4 is 20.7 Å². The van der Waals surface area contributed by atoms with Gasteiger partial charge in [-0.25, -0.2) is 19.5 Å². The summed E-state index contributed by atoms with van der Waals surface area (Å²) >= 11 is 0. The van der Waals surface area contributed by atoms with Gasteiger partial charge in [0.15, 0.2) is 8.07 Å². The quantitative estimate of drug-likeness (QED) is 0.128. The molecule has 57 heavy (non-hydrogen) atoms. The van der Waals surface area contributed by atoms with Gasteiger partial charge in [-0.1, -0.05) is 127 Å². The normalized spacial score (nSPS) is 12.2. The van der Waals surface area contributed by atoms with Crippen LogP contribution in [0.4, 0.5) is 0 Å². The molecule has 5 heterocycles. The van der Waals surface area contributed by atoms with Crippen LogP contribution in [0.3, 0.4) is 0 Å². The van der Waals surface area contributed by atoms with Gasteiger partial charge in [-0.15, -0.1) is 0 Å². The van der Waals surface area contributed by atoms with Crippen LogP contribution in [-0.2, 0) is 0 Å². The number of fused-ring (bicyclic) bond motifs is 10. The summed E-state index contributed by atoms with van der Waals surface area (Å²) in [5.41, 5.74) is 9.87. The summed E-state index contributed by atoms with van der Waals surface area (Å²) in [5, 5.41) is 6.10. The summed E-state index contributed by atoms with van der Waals surface area (Å²) in [6.07, 6.45) is 4.12. The molecule has 0 aliphatic heterocycles. The number of para-hydroxylation sites is 7. The lowest BCUT2D eigenvalue weighted by Gasteiger charge is -2.34. The van der Waals surface area contributed by atoms with Crippen molar-refractivity contribution in [1.29, 1.82) is 0 Å². The maximum Gasteiger partial charge on any atom is 0.236 e. The zero-order valence-electron chi connectivity index (χ0n) is 30.7. The first-order valence-corrected chi connectivity index (χ1v) is 21.2. The largest absolute Gasteiger partial charge is 0.294 e. The first kappa shape index (κ1) is 31.8. The third-order valence-corrected chi connectivity index (χ3v) is 16.4. The zero-order valence-corrected chi connectivity index (χ0v) is 31.7. The molecule has 0 aliphatic carbocycles. The SMILES string of the molecule is c1ccc([Si](c2ccccc2)(c2ccc(-n3c4ccccc4n4c5ccccc5cc34)cc2)c2cnc(-n3c4ccccc4n4c5ccccc5nc34)nc2)cc1. The fourth-order valence-electron chi connectivity index (χ4n) is 9.21. The van der Waals surface area contributed by atoms with Crippen LogP contribution in [-0.4, -0.2) is 41.0 Å². The van der Waals surface area contributed by atoms with E-state index in [1.54, 1.807) is 0 Å². The minimum absolute atomic E-state index is 0.586. The number of nitrogens with zero attached hydrogens (tertiary/aromatic N) is 7. The number of benzene rings is 7. The average molecular weight is 748 g/mol. The molecule has 268 valence electrons. The van der Waals surface area contributed by atoms with Crippen LogP contribution in [0.25, 0.3) is 67.1 Å². The molecular weight excluding hydrogens is 715 g/mol. The Labute approximate surface area is 328 Å². The Morgan fingerprint density at radius 1 is 0.386 bits per heavy atom. The van der Waals surface area contributed by atoms with Gasteiger partial charge in [0.1, 0.15) is 5.65 Å². The Bertz CT molecular complexity index is 3220. The molecule has 7 aromatic carbocycles. The summed E-state index contributed by atoms with van der Waals surface area (Å²) in [4.78, 5) is 15.5. The summed E-state index contributed by atoms with van der Waals surface area (Å²) in [6.45, 7) is 0. The summed E-state index contributed by atoms with van der Waals surface area (Å²) < 4.78 is 9.04. The molecule has 12 rings (SSSR count). The van der Waals surface area contributed by atoms with E-state index in [1.807, 2.05) is 6.07 Å². The molecule has 5 aromatic heterocycles. The topological polar surface area (TPSA) is 57.4 Å². The van der Waals surface area contributed by atoms with E-state index in [-0.39, 0.29) is 0 Å². The van der Waals surface area contributed by atoms with Crippen molar-refractivity contribution in [2.45, 2.75) is 0 Å². The second kappa shape index (κ2) is 12.2. The highest BCUT2D eigenvalue weighted by atomic mass is 28.3. The monoisotopic (exact) mass is 747 g/mol. The zero-order chi connectivity index (χ0) is 37.5. The van der Waals surface area contributed by atoms with E-state index in [9.17, 15) is 0 Å². The van der Waals surface area contributed by atoms with Gasteiger partial charge in [-0.2, -0.15) is 0 Å². The van der Waals surface area contributed by atoms with E-state index >= 15 is 0 Å². The third-order valence-electron chi connectivity index (χ3n) is 11.6. The van der Waals surface area contributed by atoms with Gasteiger partial charge >= 0.3 is 0 Å². The van der Waals surface area contributed by atoms with Gasteiger partial charge in [0.2, 0.25) is 11.7 Å². The summed E-state index contributed by atoms with van der Waals surface area (Å²) in [6, 6.07) is 67.3. The highest BCUT2D eigenvalue weighted by Crippen LogP contribution is 2.32. The van der Waals surface area contributed by atoms with Crippen LogP contribution in [0.5, 0.6) is 0 Å². The Hall–Kier alpha value is -7.55. The van der Waals surface area contributed by atoms with Crippen LogP contribution in [0, 0.1) is 0 Å². The molecule has 8 heteroatoms. The van der Waals surface area contributed by atoms with Gasteiger partial charge in [0.05, 0.1) is 38.6 Å². The van der Waals surface area contributed by atoms with Gasteiger partial charge in [0.25, 0.3) is 0 Å². The van der Waals surface area contributed by atoms with E-state index in [1.165, 1.54) is 37.5 Å². The number of hydrogen-bond acceptors (Lipinski definition) is 3. The van der Waals surface area contributed by atoms with E-state index in [2.05, 4.69) is 212 Å². The smallest absolute Gasteiger partial charge is 0.236 e. The Morgan fingerprint density at radius 2 is 0.895 bits per heavy atom. The highest BCUT2D eigenvalue weighted by Gasteiger charge is 2.42. The maximum absolute atomic E-state index is 5.21. The summed E-state index contributed by atoms with van der Waals surface area (Å²) in [5.74, 6) is 1.38. The molecule has 0 aliphatic rings. The van der Waals surface area contributed by atoms with Crippen molar-refractivity contribution in [1.82, 2.24) is 32.9 Å². The highest BCUT2D eigenvalue weighted by molar-refractivity contribution is 7.19. The van der Waals surface area contributed by atoms with Crippen LogP contribution >= 0.6 is 0 Å². The molecule has 0 unspecified atom stereocenters. The Kier molecular flexibility index (Phi) is 6.81. The van der Waals surface area contributed by atoms with Crippen molar-refractivity contribution in [3.63, 3.8) is 0 Å². The van der Waals surface area contributed by atoms with Crippen molar-refractivity contribution in [3.05, 3.63) is 200 Å². The second-order valence-corrected chi connectivity index (χ2v) is 18.4. The van der Waals surface area contributed by atoms with Crippen LogP contribution in [0.2, 0.25) is 0 Å². The average Bonchev–Trinajstić information content (AvgIpc) is 4.02. The van der Waals surface area contributed by atoms with Crippen molar-refractivity contribution in [3.8, 4) is 11.6 Å². The molecule has 0 bridgehead atoms. The van der Waals surface area contributed by atoms with Gasteiger partial charge in [-0.05, 0) is 81.4 Å². The number of hydrogen-bond donors (Lipinski definition) is 0. The second-order valence-electron chi connectivity index (χ2n) is 14.6. The molecule has 7 nitrogen and oxygen atoms in total. The molecular formula is C49H33N7Si. The van der Waals surface area contributed by atoms with Gasteiger partial charge in [-0.3, -0.25) is 13.4 Å². The number of rotatable bonds is 6. The predicted molar refractivity (Wildman–Crippen MR) is 234 cm³/mol. The third kappa shape index (κ3) is 4.50. The fraction of sp³-hybridized carbons (Fsp3) is 0. The van der Waals surface area contributed by atoms with Crippen molar-refractivity contribution < 1.29 is 0 Å². The molecule has 0 radical (unpaired) electrons. The lowest BCUT2D eigenvalue weighted by Crippen LogP contribution is -2.74. The fourth-order valence-corrected chi connectivity index (χ4v) is 13.8. The van der Waals surface area contributed by atoms with E-state index in [4.69, 9.17) is 15.0 Å². The lowest BCUT2D eigenvalue weighted by molar-refractivity contribution is 0.970. The van der Waals surface area contributed by atoms with E-state index in [0.717, 1.165) is 44.4 Å². The molecule has 12 aromatic rings. The lowest BCUT2D eigenvalue weighted by atomic mass is 10.2. The molecule has 0 amide bonds. The number of aromatic nitrogens is 7. The molecule has 0 atom stereocenters. The molecule has 0 N–H and O–H groups in total. The molecule has 0 saturated heterocycles. The molecule has 0 fully saturated rings. The van der Waals surface area contributed by atoms with E-state index < -0.39 is 8.07 Å². The van der Waals surface area contributed by atoms with Crippen molar-refractivity contribution in [2.75, 3.05) is 0 Å². The van der Waals surface area contributed by atoms with Gasteiger partial charge in [0, 0.05) is 23.5 Å². The first-order valence-electron chi connectivity index (χ1n) is 19.2. The number of imidazole rings is 3. The maximum atomic E-state index is 5.21. The first-order chi connectivity index (χ1) is 28.3. The van der Waals surface area contributed by atoms with Crippen molar-refractivity contribution in [2.24, 2.45) is 0 Å². The van der Waals surface area contributed by atoms with Gasteiger partial charge < -0.3 is 0 Å². The minimum atomic E-state index is -2.95. The van der Waals surface area contributed by atoms with Crippen molar-refractivity contribution >= 4 is 84.2 Å². The predicted octanol–water partition coefficient (Wildman–Crippen LogP) is 7.95.